The third-order valence-electron chi connectivity index (χ3n) is 6.13. The second-order valence-electron chi connectivity index (χ2n) is 9.17. The smallest absolute Gasteiger partial charge is 0.475 e. The quantitative estimate of drug-likeness (QED) is 0.535. The molecule has 1 amide bonds. The number of alkyl halides is 6. The van der Waals surface area contributed by atoms with Gasteiger partial charge in [0.25, 0.3) is 0 Å². The van der Waals surface area contributed by atoms with E-state index in [0.29, 0.717) is 5.91 Å². The van der Waals surface area contributed by atoms with Crippen molar-refractivity contribution in [3.63, 3.8) is 0 Å². The summed E-state index contributed by atoms with van der Waals surface area (Å²) in [6.07, 6.45) is -4.51. The van der Waals surface area contributed by atoms with Gasteiger partial charge >= 0.3 is 24.3 Å². The van der Waals surface area contributed by atoms with E-state index < -0.39 is 24.3 Å². The van der Waals surface area contributed by atoms with Gasteiger partial charge in [-0.1, -0.05) is 29.8 Å². The highest BCUT2D eigenvalue weighted by molar-refractivity contribution is 5.85. The molecule has 2 aliphatic rings. The Kier molecular flexibility index (Phi) is 10.4. The van der Waals surface area contributed by atoms with Crippen molar-refractivity contribution in [2.45, 2.75) is 45.2 Å². The summed E-state index contributed by atoms with van der Waals surface area (Å²) in [6.45, 7) is 6.54. The van der Waals surface area contributed by atoms with Crippen molar-refractivity contribution in [2.75, 3.05) is 19.6 Å². The molecule has 3 heterocycles. The van der Waals surface area contributed by atoms with Crippen LogP contribution in [0.15, 0.2) is 48.8 Å². The van der Waals surface area contributed by atoms with E-state index >= 15 is 0 Å². The second kappa shape index (κ2) is 12.9. The lowest BCUT2D eigenvalue weighted by Gasteiger charge is -2.24. The molecule has 2 aromatic rings. The summed E-state index contributed by atoms with van der Waals surface area (Å²) in [5, 5.41) is 14.2. The molecule has 14 heteroatoms. The van der Waals surface area contributed by atoms with Gasteiger partial charge in [-0.2, -0.15) is 26.3 Å². The van der Waals surface area contributed by atoms with Crippen molar-refractivity contribution in [3.8, 4) is 0 Å². The highest BCUT2D eigenvalue weighted by Crippen LogP contribution is 2.41. The monoisotopic (exact) mass is 563 g/mol. The van der Waals surface area contributed by atoms with Gasteiger partial charge in [0.1, 0.15) is 0 Å². The van der Waals surface area contributed by atoms with E-state index in [1.165, 1.54) is 16.7 Å². The van der Waals surface area contributed by atoms with Crippen molar-refractivity contribution < 1.29 is 50.9 Å². The molecular weight excluding hydrogens is 536 g/mol. The first kappa shape index (κ1) is 31.5. The fraction of sp³-hybridized carbons (Fsp3) is 0.440. The number of aryl methyl sites for hydroxylation is 1. The number of carbonyl (C=O) groups is 3. The van der Waals surface area contributed by atoms with Gasteiger partial charge in [-0.05, 0) is 49.6 Å². The molecule has 1 aromatic heterocycles. The Balaban J connectivity index is 0.000000317. The van der Waals surface area contributed by atoms with Crippen molar-refractivity contribution in [2.24, 2.45) is 5.41 Å². The molecule has 1 unspecified atom stereocenters. The summed E-state index contributed by atoms with van der Waals surface area (Å²) in [5.74, 6) is -5.16. The maximum Gasteiger partial charge on any atom is 0.490 e. The number of carbonyl (C=O) groups excluding carboxylic acids is 1. The number of likely N-dealkylation sites (tertiary alicyclic amines) is 2. The molecule has 2 N–H and O–H groups in total. The van der Waals surface area contributed by atoms with Gasteiger partial charge in [0.05, 0.1) is 5.41 Å². The summed E-state index contributed by atoms with van der Waals surface area (Å²) in [7, 11) is 0. The Morgan fingerprint density at radius 2 is 1.44 bits per heavy atom. The highest BCUT2D eigenvalue weighted by Gasteiger charge is 2.50. The van der Waals surface area contributed by atoms with Crippen LogP contribution < -0.4 is 0 Å². The summed E-state index contributed by atoms with van der Waals surface area (Å²) < 4.78 is 63.5. The molecular formula is C25H27F6N3O5. The average Bonchev–Trinajstić information content (AvgIpc) is 3.38. The fourth-order valence-corrected chi connectivity index (χ4v) is 4.29. The molecule has 2 saturated heterocycles. The number of hydrogen-bond donors (Lipinski definition) is 2. The van der Waals surface area contributed by atoms with E-state index in [2.05, 4.69) is 58.1 Å². The zero-order valence-corrected chi connectivity index (χ0v) is 20.8. The first-order chi connectivity index (χ1) is 18.0. The lowest BCUT2D eigenvalue weighted by molar-refractivity contribution is -0.193. The van der Waals surface area contributed by atoms with Gasteiger partial charge in [-0.25, -0.2) is 9.59 Å². The molecule has 8 nitrogen and oxygen atoms in total. The molecule has 1 atom stereocenters. The van der Waals surface area contributed by atoms with Gasteiger partial charge in [0, 0.05) is 38.6 Å². The molecule has 2 aliphatic heterocycles. The van der Waals surface area contributed by atoms with Crippen LogP contribution in [0.4, 0.5) is 26.3 Å². The topological polar surface area (TPSA) is 111 Å². The number of carboxylic acid groups (broad SMARTS) is 2. The first-order valence-electron chi connectivity index (χ1n) is 11.6. The summed E-state index contributed by atoms with van der Waals surface area (Å²) in [5.41, 5.74) is 3.60. The van der Waals surface area contributed by atoms with Crippen LogP contribution in [0, 0.1) is 12.3 Å². The third-order valence-corrected chi connectivity index (χ3v) is 6.13. The molecule has 2 fully saturated rings. The van der Waals surface area contributed by atoms with Crippen molar-refractivity contribution in [3.05, 3.63) is 65.5 Å². The zero-order valence-electron chi connectivity index (χ0n) is 20.8. The van der Waals surface area contributed by atoms with Crippen LogP contribution in [0.5, 0.6) is 0 Å². The number of benzene rings is 1. The number of aromatic nitrogens is 1. The van der Waals surface area contributed by atoms with E-state index in [-0.39, 0.29) is 5.41 Å². The number of carboxylic acids is 2. The van der Waals surface area contributed by atoms with Crippen LogP contribution in [0.1, 0.15) is 29.5 Å². The number of pyridine rings is 1. The molecule has 4 rings (SSSR count). The Hall–Kier alpha value is -3.68. The Labute approximate surface area is 219 Å². The number of nitrogens with zero attached hydrogens (tertiary/aromatic N) is 3. The van der Waals surface area contributed by atoms with Crippen LogP contribution in [-0.4, -0.2) is 74.8 Å². The molecule has 0 bridgehead atoms. The Morgan fingerprint density at radius 3 is 1.95 bits per heavy atom. The second-order valence-corrected chi connectivity index (χ2v) is 9.17. The minimum absolute atomic E-state index is 0.156. The number of rotatable bonds is 4. The van der Waals surface area contributed by atoms with Gasteiger partial charge in [0.2, 0.25) is 5.91 Å². The summed E-state index contributed by atoms with van der Waals surface area (Å²) >= 11 is 0. The molecule has 0 saturated carbocycles. The van der Waals surface area contributed by atoms with Gasteiger partial charge in [-0.15, -0.1) is 0 Å². The molecule has 1 spiro atoms. The SMILES string of the molecule is Cc1cccc(CN2CCC3(CCN(Cc4ccncc4)C3)C2=O)c1.O=C(O)C(F)(F)F.O=C(O)C(F)(F)F. The van der Waals surface area contributed by atoms with E-state index in [0.717, 1.165) is 45.6 Å². The maximum atomic E-state index is 13.1. The van der Waals surface area contributed by atoms with Crippen LogP contribution >= 0.6 is 0 Å². The number of halogens is 6. The standard InChI is InChI=1S/C21H25N3O.2C2HF3O2/c1-17-3-2-4-19(13-17)15-24-12-8-21(20(24)25)7-11-23(16-21)14-18-5-9-22-10-6-18;2*3-2(4,5)1(6)7/h2-6,9-10,13H,7-8,11-12,14-16H2,1H3;2*(H,6,7). The third kappa shape index (κ3) is 9.53. The number of hydrogen-bond acceptors (Lipinski definition) is 5. The van der Waals surface area contributed by atoms with Crippen molar-refractivity contribution in [1.29, 1.82) is 0 Å². The van der Waals surface area contributed by atoms with Crippen LogP contribution in [-0.2, 0) is 27.5 Å². The Morgan fingerprint density at radius 1 is 0.897 bits per heavy atom. The fourth-order valence-electron chi connectivity index (χ4n) is 4.29. The van der Waals surface area contributed by atoms with Crippen molar-refractivity contribution in [1.82, 2.24) is 14.8 Å². The molecule has 214 valence electrons. The molecule has 1 aromatic carbocycles. The highest BCUT2D eigenvalue weighted by atomic mass is 19.4. The zero-order chi connectivity index (χ0) is 29.4. The minimum Gasteiger partial charge on any atom is -0.475 e. The first-order valence-corrected chi connectivity index (χ1v) is 11.6. The van der Waals surface area contributed by atoms with Crippen molar-refractivity contribution >= 4 is 17.8 Å². The lowest BCUT2D eigenvalue weighted by atomic mass is 9.85. The average molecular weight is 563 g/mol. The van der Waals surface area contributed by atoms with Gasteiger partial charge < -0.3 is 15.1 Å². The van der Waals surface area contributed by atoms with Gasteiger partial charge in [0.15, 0.2) is 0 Å². The summed E-state index contributed by atoms with van der Waals surface area (Å²) in [4.78, 5) is 39.5. The van der Waals surface area contributed by atoms with E-state index in [9.17, 15) is 31.1 Å². The summed E-state index contributed by atoms with van der Waals surface area (Å²) in [6, 6.07) is 12.6. The van der Waals surface area contributed by atoms with Crippen LogP contribution in [0.25, 0.3) is 0 Å². The van der Waals surface area contributed by atoms with Crippen LogP contribution in [0.3, 0.4) is 0 Å². The Bertz CT molecular complexity index is 1120. The maximum absolute atomic E-state index is 13.1. The van der Waals surface area contributed by atoms with E-state index in [4.69, 9.17) is 19.8 Å². The van der Waals surface area contributed by atoms with E-state index in [1.54, 1.807) is 0 Å². The lowest BCUT2D eigenvalue weighted by Crippen LogP contribution is -2.36. The predicted octanol–water partition coefficient (Wildman–Crippen LogP) is 4.28. The number of amides is 1. The molecule has 0 aliphatic carbocycles. The predicted molar refractivity (Wildman–Crippen MR) is 125 cm³/mol. The largest absolute Gasteiger partial charge is 0.490 e. The van der Waals surface area contributed by atoms with E-state index in [1.807, 2.05) is 12.4 Å². The molecule has 0 radical (unpaired) electrons. The minimum atomic E-state index is -5.08. The molecule has 39 heavy (non-hydrogen) atoms. The normalized spacial score (nSPS) is 19.3. The number of aliphatic carboxylic acids is 2. The van der Waals surface area contributed by atoms with Gasteiger partial charge in [-0.3, -0.25) is 14.7 Å². The van der Waals surface area contributed by atoms with Crippen LogP contribution in [0.2, 0.25) is 0 Å².